The summed E-state index contributed by atoms with van der Waals surface area (Å²) in [7, 11) is 1.73. The summed E-state index contributed by atoms with van der Waals surface area (Å²) in [6.45, 7) is 0.0200. The molecule has 0 unspecified atom stereocenters. The van der Waals surface area contributed by atoms with Crippen molar-refractivity contribution >= 4 is 17.4 Å². The minimum Gasteiger partial charge on any atom is -0.337 e. The normalized spacial score (nSPS) is 14.1. The zero-order chi connectivity index (χ0) is 14.4. The maximum atomic E-state index is 13.3. The molecule has 0 spiro atoms. The minimum atomic E-state index is -1.15. The second-order valence-corrected chi connectivity index (χ2v) is 4.46. The Hall–Kier alpha value is -2.57. The molecule has 0 N–H and O–H groups in total. The van der Waals surface area contributed by atoms with E-state index in [1.165, 1.54) is 0 Å². The standard InChI is InChI=1S/C13H9F2N3O2/c1-17-3-2-16-11(17)6-18-10-5-9(15)8(14)4-7(10)12(19)13(18)20/h2-5H,6H2,1H3. The van der Waals surface area contributed by atoms with Crippen LogP contribution in [-0.4, -0.2) is 21.2 Å². The second kappa shape index (κ2) is 4.22. The van der Waals surface area contributed by atoms with E-state index in [-0.39, 0.29) is 17.8 Å². The van der Waals surface area contributed by atoms with Crippen molar-refractivity contribution in [2.75, 3.05) is 4.90 Å². The number of fused-ring (bicyclic) bond motifs is 1. The summed E-state index contributed by atoms with van der Waals surface area (Å²) in [6, 6.07) is 1.61. The summed E-state index contributed by atoms with van der Waals surface area (Å²) in [6.07, 6.45) is 3.23. The third-order valence-electron chi connectivity index (χ3n) is 3.23. The van der Waals surface area contributed by atoms with Crippen LogP contribution in [0.1, 0.15) is 16.2 Å². The molecule has 7 heteroatoms. The smallest absolute Gasteiger partial charge is 0.299 e. The number of nitrogens with zero attached hydrogens (tertiary/aromatic N) is 3. The predicted molar refractivity (Wildman–Crippen MR) is 65.1 cm³/mol. The quantitative estimate of drug-likeness (QED) is 0.780. The van der Waals surface area contributed by atoms with E-state index in [1.54, 1.807) is 24.0 Å². The molecule has 1 aliphatic heterocycles. The van der Waals surface area contributed by atoms with Gasteiger partial charge in [-0.1, -0.05) is 0 Å². The lowest BCUT2D eigenvalue weighted by Gasteiger charge is -2.16. The largest absolute Gasteiger partial charge is 0.337 e. The average Bonchev–Trinajstić information content (AvgIpc) is 2.90. The first-order chi connectivity index (χ1) is 9.49. The van der Waals surface area contributed by atoms with Gasteiger partial charge < -0.3 is 4.57 Å². The van der Waals surface area contributed by atoms with Crippen LogP contribution in [0, 0.1) is 11.6 Å². The summed E-state index contributed by atoms with van der Waals surface area (Å²) < 4.78 is 28.2. The van der Waals surface area contributed by atoms with E-state index in [4.69, 9.17) is 0 Å². The zero-order valence-corrected chi connectivity index (χ0v) is 10.4. The van der Waals surface area contributed by atoms with Crippen molar-refractivity contribution in [2.24, 2.45) is 7.05 Å². The molecule has 0 bridgehead atoms. The molecular formula is C13H9F2N3O2. The van der Waals surface area contributed by atoms with Gasteiger partial charge in [0, 0.05) is 25.5 Å². The Kier molecular flexibility index (Phi) is 2.63. The summed E-state index contributed by atoms with van der Waals surface area (Å²) in [5, 5.41) is 0. The molecule has 20 heavy (non-hydrogen) atoms. The molecular weight excluding hydrogens is 268 g/mol. The van der Waals surface area contributed by atoms with Crippen molar-refractivity contribution in [3.63, 3.8) is 0 Å². The summed E-state index contributed by atoms with van der Waals surface area (Å²) >= 11 is 0. The molecule has 1 aliphatic rings. The Balaban J connectivity index is 2.06. The fourth-order valence-electron chi connectivity index (χ4n) is 2.14. The number of Topliss-reactive ketones (excluding diaryl/α,β-unsaturated/α-hetero) is 1. The number of benzene rings is 1. The van der Waals surface area contributed by atoms with Gasteiger partial charge in [0.2, 0.25) is 0 Å². The number of halogens is 2. The number of hydrogen-bond acceptors (Lipinski definition) is 3. The molecule has 1 aromatic heterocycles. The van der Waals surface area contributed by atoms with Crippen molar-refractivity contribution in [1.29, 1.82) is 0 Å². The van der Waals surface area contributed by atoms with E-state index in [9.17, 15) is 18.4 Å². The zero-order valence-electron chi connectivity index (χ0n) is 10.4. The highest BCUT2D eigenvalue weighted by atomic mass is 19.2. The van der Waals surface area contributed by atoms with Crippen LogP contribution < -0.4 is 4.90 Å². The number of hydrogen-bond donors (Lipinski definition) is 0. The van der Waals surface area contributed by atoms with E-state index in [1.807, 2.05) is 0 Å². The number of carbonyl (C=O) groups excluding carboxylic acids is 2. The number of imidazole rings is 1. The predicted octanol–water partition coefficient (Wildman–Crippen LogP) is 1.43. The van der Waals surface area contributed by atoms with Crippen molar-refractivity contribution in [1.82, 2.24) is 9.55 Å². The number of aromatic nitrogens is 2. The summed E-state index contributed by atoms with van der Waals surface area (Å²) in [5.41, 5.74) is -0.0509. The Morgan fingerprint density at radius 3 is 2.55 bits per heavy atom. The van der Waals surface area contributed by atoms with Crippen molar-refractivity contribution in [3.05, 3.63) is 47.5 Å². The third-order valence-corrected chi connectivity index (χ3v) is 3.23. The maximum absolute atomic E-state index is 13.3. The van der Waals surface area contributed by atoms with Crippen LogP contribution in [0.15, 0.2) is 24.5 Å². The van der Waals surface area contributed by atoms with Gasteiger partial charge in [-0.25, -0.2) is 13.8 Å². The first-order valence-electron chi connectivity index (χ1n) is 5.80. The molecule has 0 aliphatic carbocycles. The molecule has 0 atom stereocenters. The molecule has 1 aromatic carbocycles. The van der Waals surface area contributed by atoms with Crippen molar-refractivity contribution in [3.8, 4) is 0 Å². The molecule has 0 radical (unpaired) electrons. The lowest BCUT2D eigenvalue weighted by Crippen LogP contribution is -2.30. The van der Waals surface area contributed by atoms with Crippen LogP contribution in [0.3, 0.4) is 0 Å². The number of rotatable bonds is 2. The third kappa shape index (κ3) is 1.70. The number of ketones is 1. The second-order valence-electron chi connectivity index (χ2n) is 4.46. The van der Waals surface area contributed by atoms with Crippen molar-refractivity contribution < 1.29 is 18.4 Å². The Morgan fingerprint density at radius 2 is 1.90 bits per heavy atom. The van der Waals surface area contributed by atoms with Gasteiger partial charge in [-0.15, -0.1) is 0 Å². The lowest BCUT2D eigenvalue weighted by molar-refractivity contribution is -0.114. The number of amides is 1. The highest BCUT2D eigenvalue weighted by molar-refractivity contribution is 6.52. The van der Waals surface area contributed by atoms with E-state index < -0.39 is 23.3 Å². The van der Waals surface area contributed by atoms with Crippen LogP contribution in [-0.2, 0) is 18.4 Å². The number of carbonyl (C=O) groups is 2. The fourth-order valence-corrected chi connectivity index (χ4v) is 2.14. The van der Waals surface area contributed by atoms with Gasteiger partial charge in [0.15, 0.2) is 11.6 Å². The average molecular weight is 277 g/mol. The van der Waals surface area contributed by atoms with Gasteiger partial charge in [0.25, 0.3) is 11.7 Å². The van der Waals surface area contributed by atoms with Crippen LogP contribution in [0.2, 0.25) is 0 Å². The molecule has 102 valence electrons. The molecule has 2 heterocycles. The van der Waals surface area contributed by atoms with E-state index in [0.717, 1.165) is 17.0 Å². The van der Waals surface area contributed by atoms with Crippen molar-refractivity contribution in [2.45, 2.75) is 6.54 Å². The van der Waals surface area contributed by atoms with Crippen LogP contribution in [0.4, 0.5) is 14.5 Å². The molecule has 1 amide bonds. The fraction of sp³-hybridized carbons (Fsp3) is 0.154. The van der Waals surface area contributed by atoms with Crippen LogP contribution >= 0.6 is 0 Å². The maximum Gasteiger partial charge on any atom is 0.299 e. The number of aryl methyl sites for hydroxylation is 1. The van der Waals surface area contributed by atoms with E-state index in [0.29, 0.717) is 5.82 Å². The Morgan fingerprint density at radius 1 is 1.20 bits per heavy atom. The Bertz CT molecular complexity index is 739. The van der Waals surface area contributed by atoms with Gasteiger partial charge in [0.1, 0.15) is 5.82 Å². The SMILES string of the molecule is Cn1ccnc1CN1C(=O)C(=O)c2cc(F)c(F)cc21. The first-order valence-corrected chi connectivity index (χ1v) is 5.80. The van der Waals surface area contributed by atoms with Gasteiger partial charge >= 0.3 is 0 Å². The first kappa shape index (κ1) is 12.5. The molecule has 0 saturated carbocycles. The minimum absolute atomic E-state index is 0.0200. The molecule has 5 nitrogen and oxygen atoms in total. The highest BCUT2D eigenvalue weighted by Gasteiger charge is 2.37. The van der Waals surface area contributed by atoms with Gasteiger partial charge in [-0.05, 0) is 6.07 Å². The summed E-state index contributed by atoms with van der Waals surface area (Å²) in [4.78, 5) is 28.8. The monoisotopic (exact) mass is 277 g/mol. The number of anilines is 1. The highest BCUT2D eigenvalue weighted by Crippen LogP contribution is 2.31. The van der Waals surface area contributed by atoms with E-state index >= 15 is 0 Å². The molecule has 0 saturated heterocycles. The van der Waals surface area contributed by atoms with Gasteiger partial charge in [0.05, 0.1) is 17.8 Å². The van der Waals surface area contributed by atoms with Gasteiger partial charge in [-0.3, -0.25) is 14.5 Å². The molecule has 2 aromatic rings. The molecule has 0 fully saturated rings. The summed E-state index contributed by atoms with van der Waals surface area (Å²) in [5.74, 6) is -3.37. The van der Waals surface area contributed by atoms with Crippen LogP contribution in [0.25, 0.3) is 0 Å². The molecule has 3 rings (SSSR count). The van der Waals surface area contributed by atoms with Gasteiger partial charge in [-0.2, -0.15) is 0 Å². The lowest BCUT2D eigenvalue weighted by atomic mass is 10.1. The Labute approximate surface area is 112 Å². The topological polar surface area (TPSA) is 55.2 Å². The van der Waals surface area contributed by atoms with Crippen LogP contribution in [0.5, 0.6) is 0 Å². The van der Waals surface area contributed by atoms with E-state index in [2.05, 4.69) is 4.98 Å².